The molecule has 2 aliphatic rings. The highest BCUT2D eigenvalue weighted by Crippen LogP contribution is 2.37. The second-order valence-electron chi connectivity index (χ2n) is 7.31. The van der Waals surface area contributed by atoms with E-state index in [1.807, 2.05) is 58.1 Å². The molecule has 3 heterocycles. The molecule has 1 fully saturated rings. The molecule has 1 aromatic heterocycles. The zero-order valence-electron chi connectivity index (χ0n) is 15.9. The number of rotatable bonds is 3. The van der Waals surface area contributed by atoms with Gasteiger partial charge in [0.15, 0.2) is 0 Å². The molecule has 0 spiro atoms. The zero-order valence-corrected chi connectivity index (χ0v) is 16.7. The van der Waals surface area contributed by atoms with Crippen LogP contribution in [0.2, 0.25) is 5.02 Å². The average molecular weight is 409 g/mol. The minimum atomic E-state index is 0.0932. The third-order valence-corrected chi connectivity index (χ3v) is 5.80. The average Bonchev–Trinajstić information content (AvgIpc) is 3.18. The molecule has 5 rings (SSSR count). The minimum absolute atomic E-state index is 0.0932. The van der Waals surface area contributed by atoms with Gasteiger partial charge in [-0.05, 0) is 36.4 Å². The van der Waals surface area contributed by atoms with Gasteiger partial charge in [-0.1, -0.05) is 23.7 Å². The van der Waals surface area contributed by atoms with Crippen molar-refractivity contribution in [1.82, 2.24) is 14.7 Å². The molecule has 1 saturated heterocycles. The van der Waals surface area contributed by atoms with E-state index in [1.54, 1.807) is 6.20 Å². The summed E-state index contributed by atoms with van der Waals surface area (Å²) in [5, 5.41) is 5.20. The fourth-order valence-corrected chi connectivity index (χ4v) is 4.13. The Bertz CT molecular complexity index is 1040. The van der Waals surface area contributed by atoms with E-state index in [2.05, 4.69) is 10.00 Å². The molecular weight excluding hydrogens is 388 g/mol. The fraction of sp³-hybridized carbons (Fsp3) is 0.273. The van der Waals surface area contributed by atoms with E-state index >= 15 is 0 Å². The van der Waals surface area contributed by atoms with Crippen molar-refractivity contribution in [3.8, 4) is 17.0 Å². The number of hydrogen-bond donors (Lipinski definition) is 0. The van der Waals surface area contributed by atoms with Crippen molar-refractivity contribution in [3.63, 3.8) is 0 Å². The molecule has 2 aliphatic heterocycles. The van der Waals surface area contributed by atoms with Crippen molar-refractivity contribution in [2.75, 3.05) is 31.1 Å². The molecule has 148 valence electrons. The summed E-state index contributed by atoms with van der Waals surface area (Å²) in [4.78, 5) is 17.2. The minimum Gasteiger partial charge on any atom is -0.488 e. The van der Waals surface area contributed by atoms with Crippen LogP contribution in [0.3, 0.4) is 0 Å². The number of para-hydroxylation sites is 1. The van der Waals surface area contributed by atoms with E-state index in [-0.39, 0.29) is 12.5 Å². The largest absolute Gasteiger partial charge is 0.488 e. The molecule has 29 heavy (non-hydrogen) atoms. The van der Waals surface area contributed by atoms with Crippen molar-refractivity contribution in [3.05, 3.63) is 65.3 Å². The Morgan fingerprint density at radius 3 is 2.59 bits per heavy atom. The summed E-state index contributed by atoms with van der Waals surface area (Å²) in [7, 11) is 0. The summed E-state index contributed by atoms with van der Waals surface area (Å²) in [6, 6.07) is 15.7. The lowest BCUT2D eigenvalue weighted by molar-refractivity contribution is -0.132. The van der Waals surface area contributed by atoms with Gasteiger partial charge in [-0.3, -0.25) is 9.48 Å². The number of halogens is 1. The van der Waals surface area contributed by atoms with Gasteiger partial charge in [0.1, 0.15) is 18.9 Å². The van der Waals surface area contributed by atoms with Crippen molar-refractivity contribution in [1.29, 1.82) is 0 Å². The summed E-state index contributed by atoms with van der Waals surface area (Å²) in [6.07, 6.45) is 1.80. The molecule has 7 heteroatoms. The smallest absolute Gasteiger partial charge is 0.244 e. The Hall–Kier alpha value is -2.99. The number of benzene rings is 2. The van der Waals surface area contributed by atoms with E-state index in [0.717, 1.165) is 46.4 Å². The summed E-state index contributed by atoms with van der Waals surface area (Å²) in [6.45, 7) is 3.74. The molecule has 0 radical (unpaired) electrons. The number of fused-ring (bicyclic) bond motifs is 3. The monoisotopic (exact) mass is 408 g/mol. The molecular formula is C22H21ClN4O2. The van der Waals surface area contributed by atoms with Crippen LogP contribution in [0, 0.1) is 0 Å². The molecule has 0 bridgehead atoms. The maximum Gasteiger partial charge on any atom is 0.244 e. The van der Waals surface area contributed by atoms with Crippen LogP contribution in [0.4, 0.5) is 5.69 Å². The van der Waals surface area contributed by atoms with Crippen LogP contribution in [-0.2, 0) is 17.9 Å². The van der Waals surface area contributed by atoms with Crippen LogP contribution in [0.15, 0.2) is 54.7 Å². The van der Waals surface area contributed by atoms with Crippen LogP contribution < -0.4 is 9.64 Å². The Morgan fingerprint density at radius 1 is 1.03 bits per heavy atom. The topological polar surface area (TPSA) is 50.6 Å². The van der Waals surface area contributed by atoms with Crippen LogP contribution in [0.5, 0.6) is 5.75 Å². The summed E-state index contributed by atoms with van der Waals surface area (Å²) in [5.74, 6) is 0.932. The Morgan fingerprint density at radius 2 is 1.79 bits per heavy atom. The summed E-state index contributed by atoms with van der Waals surface area (Å²) < 4.78 is 7.59. The first-order valence-corrected chi connectivity index (χ1v) is 10.1. The van der Waals surface area contributed by atoms with Crippen LogP contribution in [-0.4, -0.2) is 46.8 Å². The molecule has 0 N–H and O–H groups in total. The van der Waals surface area contributed by atoms with E-state index in [1.165, 1.54) is 0 Å². The molecule has 0 unspecified atom stereocenters. The SMILES string of the molecule is O=C(Cn1ncc2c1-c1ccccc1OC2)N1CCN(c2ccc(Cl)cc2)CC1. The number of piperazine rings is 1. The van der Waals surface area contributed by atoms with Gasteiger partial charge in [0, 0.05) is 48.0 Å². The Labute approximate surface area is 174 Å². The van der Waals surface area contributed by atoms with Gasteiger partial charge in [-0.2, -0.15) is 5.10 Å². The number of nitrogens with zero attached hydrogens (tertiary/aromatic N) is 4. The molecule has 2 aromatic carbocycles. The first-order valence-electron chi connectivity index (χ1n) is 9.74. The van der Waals surface area contributed by atoms with Gasteiger partial charge in [0.05, 0.1) is 11.9 Å². The maximum atomic E-state index is 12.9. The number of aromatic nitrogens is 2. The second-order valence-corrected chi connectivity index (χ2v) is 7.74. The fourth-order valence-electron chi connectivity index (χ4n) is 4.00. The third-order valence-electron chi connectivity index (χ3n) is 5.55. The maximum absolute atomic E-state index is 12.9. The van der Waals surface area contributed by atoms with Gasteiger partial charge in [0.25, 0.3) is 0 Å². The lowest BCUT2D eigenvalue weighted by atomic mass is 10.0. The Kier molecular flexibility index (Phi) is 4.64. The number of hydrogen-bond acceptors (Lipinski definition) is 4. The number of carbonyl (C=O) groups is 1. The highest BCUT2D eigenvalue weighted by molar-refractivity contribution is 6.30. The highest BCUT2D eigenvalue weighted by atomic mass is 35.5. The zero-order chi connectivity index (χ0) is 19.8. The molecule has 0 atom stereocenters. The van der Waals surface area contributed by atoms with E-state index in [4.69, 9.17) is 16.3 Å². The van der Waals surface area contributed by atoms with Crippen molar-refractivity contribution >= 4 is 23.2 Å². The summed E-state index contributed by atoms with van der Waals surface area (Å²) >= 11 is 5.98. The predicted molar refractivity (Wildman–Crippen MR) is 112 cm³/mol. The van der Waals surface area contributed by atoms with Crippen molar-refractivity contribution in [2.24, 2.45) is 0 Å². The summed E-state index contributed by atoms with van der Waals surface area (Å²) in [5.41, 5.74) is 4.13. The number of carbonyl (C=O) groups excluding carboxylic acids is 1. The van der Waals surface area contributed by atoms with E-state index < -0.39 is 0 Å². The molecule has 3 aromatic rings. The van der Waals surface area contributed by atoms with Crippen LogP contribution in [0.1, 0.15) is 5.56 Å². The van der Waals surface area contributed by atoms with Gasteiger partial charge in [-0.15, -0.1) is 0 Å². The number of amides is 1. The second kappa shape index (κ2) is 7.44. The normalized spacial score (nSPS) is 15.5. The number of ether oxygens (including phenoxy) is 1. The van der Waals surface area contributed by atoms with Gasteiger partial charge < -0.3 is 14.5 Å². The first kappa shape index (κ1) is 18.1. The van der Waals surface area contributed by atoms with E-state index in [9.17, 15) is 4.79 Å². The van der Waals surface area contributed by atoms with Crippen LogP contribution in [0.25, 0.3) is 11.3 Å². The van der Waals surface area contributed by atoms with Crippen molar-refractivity contribution < 1.29 is 9.53 Å². The highest BCUT2D eigenvalue weighted by Gasteiger charge is 2.26. The molecule has 0 saturated carbocycles. The standard InChI is InChI=1S/C22H21ClN4O2/c23-17-5-7-18(8-6-17)25-9-11-26(12-10-25)21(28)14-27-22-16(13-24-27)15-29-20-4-2-1-3-19(20)22/h1-8,13H,9-12,14-15H2. The Balaban J connectivity index is 1.27. The van der Waals surface area contributed by atoms with Gasteiger partial charge in [0.2, 0.25) is 5.91 Å². The molecule has 0 aliphatic carbocycles. The van der Waals surface area contributed by atoms with Gasteiger partial charge >= 0.3 is 0 Å². The van der Waals surface area contributed by atoms with Crippen molar-refractivity contribution in [2.45, 2.75) is 13.2 Å². The molecule has 6 nitrogen and oxygen atoms in total. The predicted octanol–water partition coefficient (Wildman–Crippen LogP) is 3.44. The quantitative estimate of drug-likeness (QED) is 0.666. The lowest BCUT2D eigenvalue weighted by Crippen LogP contribution is -2.49. The number of anilines is 1. The van der Waals surface area contributed by atoms with Gasteiger partial charge in [-0.25, -0.2) is 0 Å². The third kappa shape index (κ3) is 3.44. The lowest BCUT2D eigenvalue weighted by Gasteiger charge is -2.36. The first-order chi connectivity index (χ1) is 14.2. The van der Waals surface area contributed by atoms with E-state index in [0.29, 0.717) is 19.7 Å². The van der Waals surface area contributed by atoms with Crippen LogP contribution >= 0.6 is 11.6 Å². The molecule has 1 amide bonds.